The van der Waals surface area contributed by atoms with Crippen molar-refractivity contribution < 1.29 is 22.7 Å². The van der Waals surface area contributed by atoms with Crippen LogP contribution in [0, 0.1) is 5.92 Å². The molecule has 2 heterocycles. The molecule has 0 aliphatic carbocycles. The fraction of sp³-hybridized carbons (Fsp3) is 0.429. The third-order valence-corrected chi connectivity index (χ3v) is 5.80. The molecule has 1 aromatic carbocycles. The summed E-state index contributed by atoms with van der Waals surface area (Å²) in [5.74, 6) is -0.673. The van der Waals surface area contributed by atoms with Gasteiger partial charge in [-0.3, -0.25) is 4.79 Å². The first-order chi connectivity index (χ1) is 9.91. The first kappa shape index (κ1) is 14.1. The van der Waals surface area contributed by atoms with Crippen LogP contribution in [0.2, 0.25) is 0 Å². The number of methoxy groups -OCH3 is 1. The summed E-state index contributed by atoms with van der Waals surface area (Å²) in [6.45, 7) is 0. The lowest BCUT2D eigenvalue weighted by Gasteiger charge is -2.23. The minimum absolute atomic E-state index is 0.00808. The summed E-state index contributed by atoms with van der Waals surface area (Å²) in [7, 11) is -1.80. The smallest absolute Gasteiger partial charge is 0.337 e. The van der Waals surface area contributed by atoms with Crippen LogP contribution in [-0.4, -0.2) is 45.0 Å². The van der Waals surface area contributed by atoms with Gasteiger partial charge in [0.25, 0.3) is 0 Å². The molecule has 2 aliphatic rings. The maximum absolute atomic E-state index is 12.2. The normalized spacial score (nSPS) is 26.7. The van der Waals surface area contributed by atoms with Crippen molar-refractivity contribution in [3.63, 3.8) is 0 Å². The molecule has 2 fully saturated rings. The van der Waals surface area contributed by atoms with E-state index in [0.29, 0.717) is 11.3 Å². The fourth-order valence-corrected chi connectivity index (χ4v) is 5.20. The summed E-state index contributed by atoms with van der Waals surface area (Å²) in [6.07, 6.45) is 0.242. The number of fused-ring (bicyclic) bond motifs is 1. The largest absolute Gasteiger partial charge is 0.465 e. The van der Waals surface area contributed by atoms with Gasteiger partial charge in [0, 0.05) is 18.0 Å². The second-order valence-corrected chi connectivity index (χ2v) is 7.57. The van der Waals surface area contributed by atoms with Crippen molar-refractivity contribution in [3.8, 4) is 0 Å². The summed E-state index contributed by atoms with van der Waals surface area (Å²) >= 11 is 0. The van der Waals surface area contributed by atoms with Gasteiger partial charge in [0.2, 0.25) is 5.91 Å². The molecule has 21 heavy (non-hydrogen) atoms. The van der Waals surface area contributed by atoms with Crippen molar-refractivity contribution >= 4 is 27.4 Å². The number of hydrogen-bond donors (Lipinski definition) is 0. The zero-order valence-corrected chi connectivity index (χ0v) is 12.3. The molecular weight excluding hydrogens is 294 g/mol. The van der Waals surface area contributed by atoms with E-state index in [1.807, 2.05) is 0 Å². The van der Waals surface area contributed by atoms with Crippen molar-refractivity contribution in [1.29, 1.82) is 0 Å². The molecule has 2 saturated heterocycles. The van der Waals surface area contributed by atoms with Crippen LogP contribution in [0.25, 0.3) is 0 Å². The second-order valence-electron chi connectivity index (χ2n) is 5.41. The molecule has 0 saturated carbocycles. The van der Waals surface area contributed by atoms with Gasteiger partial charge in [-0.15, -0.1) is 0 Å². The van der Waals surface area contributed by atoms with Gasteiger partial charge in [0.05, 0.1) is 30.2 Å². The second kappa shape index (κ2) is 4.84. The Labute approximate surface area is 122 Å². The molecule has 0 bridgehead atoms. The number of benzene rings is 1. The predicted octanol–water partition coefficient (Wildman–Crippen LogP) is 0.623. The van der Waals surface area contributed by atoms with Crippen molar-refractivity contribution in [2.45, 2.75) is 12.5 Å². The number of rotatable bonds is 2. The Kier molecular flexibility index (Phi) is 3.24. The van der Waals surface area contributed by atoms with Crippen LogP contribution >= 0.6 is 0 Å². The van der Waals surface area contributed by atoms with Gasteiger partial charge >= 0.3 is 5.97 Å². The van der Waals surface area contributed by atoms with Gasteiger partial charge in [-0.2, -0.15) is 0 Å². The number of nitrogens with zero attached hydrogens (tertiary/aromatic N) is 1. The van der Waals surface area contributed by atoms with Gasteiger partial charge in [-0.25, -0.2) is 13.2 Å². The zero-order valence-electron chi connectivity index (χ0n) is 11.5. The fourth-order valence-electron chi connectivity index (χ4n) is 3.13. The zero-order chi connectivity index (χ0) is 15.2. The molecule has 7 heteroatoms. The average Bonchev–Trinajstić information content (AvgIpc) is 2.87. The van der Waals surface area contributed by atoms with Crippen molar-refractivity contribution in [2.24, 2.45) is 5.92 Å². The van der Waals surface area contributed by atoms with Crippen LogP contribution in [0.3, 0.4) is 0 Å². The third kappa shape index (κ3) is 2.42. The quantitative estimate of drug-likeness (QED) is 0.748. The molecule has 0 unspecified atom stereocenters. The Morgan fingerprint density at radius 2 is 2.10 bits per heavy atom. The van der Waals surface area contributed by atoms with Crippen LogP contribution in [-0.2, 0) is 19.4 Å². The topological polar surface area (TPSA) is 80.8 Å². The van der Waals surface area contributed by atoms with E-state index in [4.69, 9.17) is 0 Å². The van der Waals surface area contributed by atoms with Gasteiger partial charge in [0.15, 0.2) is 9.84 Å². The molecule has 0 spiro atoms. The monoisotopic (exact) mass is 309 g/mol. The molecule has 3 rings (SSSR count). The molecular formula is C14H15NO5S. The maximum Gasteiger partial charge on any atom is 0.337 e. The molecule has 0 N–H and O–H groups in total. The van der Waals surface area contributed by atoms with Crippen LogP contribution in [0.4, 0.5) is 5.69 Å². The van der Waals surface area contributed by atoms with Crippen LogP contribution in [0.1, 0.15) is 16.8 Å². The molecule has 0 aromatic heterocycles. The van der Waals surface area contributed by atoms with E-state index >= 15 is 0 Å². The minimum Gasteiger partial charge on any atom is -0.465 e. The molecule has 2 atom stereocenters. The lowest BCUT2D eigenvalue weighted by molar-refractivity contribution is -0.117. The Hall–Kier alpha value is -1.89. The number of hydrogen-bond acceptors (Lipinski definition) is 5. The molecule has 6 nitrogen and oxygen atoms in total. The summed E-state index contributed by atoms with van der Waals surface area (Å²) in [4.78, 5) is 25.3. The summed E-state index contributed by atoms with van der Waals surface area (Å²) in [5.41, 5.74) is 0.889. The Morgan fingerprint density at radius 1 is 1.33 bits per heavy atom. The lowest BCUT2D eigenvalue weighted by Crippen LogP contribution is -2.36. The first-order valence-corrected chi connectivity index (χ1v) is 8.44. The van der Waals surface area contributed by atoms with E-state index in [1.165, 1.54) is 12.0 Å². The molecule has 1 aromatic rings. The summed E-state index contributed by atoms with van der Waals surface area (Å²) in [5, 5.41) is 0. The molecule has 2 aliphatic heterocycles. The maximum atomic E-state index is 12.2. The molecule has 0 radical (unpaired) electrons. The number of anilines is 1. The van der Waals surface area contributed by atoms with E-state index in [1.54, 1.807) is 24.3 Å². The number of sulfone groups is 1. The predicted molar refractivity (Wildman–Crippen MR) is 75.8 cm³/mol. The minimum atomic E-state index is -3.09. The number of amides is 1. The van der Waals surface area contributed by atoms with E-state index in [2.05, 4.69) is 4.74 Å². The van der Waals surface area contributed by atoms with Crippen molar-refractivity contribution in [3.05, 3.63) is 29.8 Å². The highest BCUT2D eigenvalue weighted by Gasteiger charge is 2.49. The number of esters is 1. The molecule has 112 valence electrons. The van der Waals surface area contributed by atoms with E-state index in [0.717, 1.165) is 0 Å². The van der Waals surface area contributed by atoms with E-state index in [9.17, 15) is 18.0 Å². The highest BCUT2D eigenvalue weighted by molar-refractivity contribution is 7.91. The Morgan fingerprint density at radius 3 is 2.81 bits per heavy atom. The number of carbonyl (C=O) groups is 2. The first-order valence-electron chi connectivity index (χ1n) is 6.62. The van der Waals surface area contributed by atoms with E-state index in [-0.39, 0.29) is 35.8 Å². The summed E-state index contributed by atoms with van der Waals surface area (Å²) < 4.78 is 28.1. The Bertz CT molecular complexity index is 712. The number of ether oxygens (including phenoxy) is 1. The van der Waals surface area contributed by atoms with E-state index < -0.39 is 15.8 Å². The summed E-state index contributed by atoms with van der Waals surface area (Å²) in [6, 6.07) is 6.20. The van der Waals surface area contributed by atoms with Crippen molar-refractivity contribution in [2.75, 3.05) is 23.5 Å². The van der Waals surface area contributed by atoms with Gasteiger partial charge in [0.1, 0.15) is 0 Å². The Balaban J connectivity index is 1.96. The van der Waals surface area contributed by atoms with Gasteiger partial charge in [-0.1, -0.05) is 6.07 Å². The highest BCUT2D eigenvalue weighted by Crippen LogP contribution is 2.37. The van der Waals surface area contributed by atoms with Crippen molar-refractivity contribution in [1.82, 2.24) is 0 Å². The lowest BCUT2D eigenvalue weighted by atomic mass is 10.0. The third-order valence-electron chi connectivity index (χ3n) is 4.02. The highest BCUT2D eigenvalue weighted by atomic mass is 32.2. The standard InChI is InChI=1S/C14H15NO5S/c1-20-14(17)9-3-2-4-11(5-9)15-12-8-21(18,19)7-10(12)6-13(15)16/h2-5,10,12H,6-8H2,1H3/t10-,12-/m0/s1. The van der Waals surface area contributed by atoms with Gasteiger partial charge in [-0.05, 0) is 18.2 Å². The SMILES string of the molecule is COC(=O)c1cccc(N2C(=O)C[C@H]3CS(=O)(=O)C[C@@H]32)c1. The van der Waals surface area contributed by atoms with Gasteiger partial charge < -0.3 is 9.64 Å². The molecule has 1 amide bonds. The average molecular weight is 309 g/mol. The van der Waals surface area contributed by atoms with Crippen LogP contribution in [0.15, 0.2) is 24.3 Å². The van der Waals surface area contributed by atoms with Crippen LogP contribution in [0.5, 0.6) is 0 Å². The van der Waals surface area contributed by atoms with Crippen LogP contribution < -0.4 is 4.90 Å². The number of carbonyl (C=O) groups excluding carboxylic acids is 2.